The molecule has 0 bridgehead atoms. The Labute approximate surface area is 75.0 Å². The minimum absolute atomic E-state index is 0.536. The monoisotopic (exact) mass is 169 g/mol. The van der Waals surface area contributed by atoms with Crippen LogP contribution in [0.2, 0.25) is 0 Å². The molecule has 0 heterocycles. The van der Waals surface area contributed by atoms with E-state index in [1.54, 1.807) is 6.08 Å². The zero-order valence-electron chi connectivity index (χ0n) is 8.08. The first-order valence-corrected chi connectivity index (χ1v) is 4.31. The Balaban J connectivity index is 3.38. The van der Waals surface area contributed by atoms with Gasteiger partial charge in [0.2, 0.25) is 0 Å². The number of amidine groups is 1. The van der Waals surface area contributed by atoms with Gasteiger partial charge in [0.15, 0.2) is 0 Å². The predicted molar refractivity (Wildman–Crippen MR) is 54.5 cm³/mol. The molecule has 0 aliphatic heterocycles. The molecule has 0 aliphatic carbocycles. The molecule has 2 N–H and O–H groups in total. The van der Waals surface area contributed by atoms with Gasteiger partial charge < -0.3 is 10.6 Å². The molecule has 0 atom stereocenters. The zero-order chi connectivity index (χ0) is 9.40. The molecule has 0 saturated heterocycles. The SMILES string of the molecule is C=CC(N)=NCCCN(C)CC. The Hall–Kier alpha value is -0.830. The lowest BCUT2D eigenvalue weighted by molar-refractivity contribution is 0.350. The lowest BCUT2D eigenvalue weighted by Crippen LogP contribution is -2.19. The standard InChI is InChI=1S/C9H19N3/c1-4-9(10)11-7-6-8-12(3)5-2/h4H,1,5-8H2,2-3H3,(H2,10,11). The fourth-order valence-corrected chi connectivity index (χ4v) is 0.771. The lowest BCUT2D eigenvalue weighted by atomic mass is 10.4. The van der Waals surface area contributed by atoms with E-state index in [1.807, 2.05) is 0 Å². The summed E-state index contributed by atoms with van der Waals surface area (Å²) in [7, 11) is 2.10. The molecule has 0 spiro atoms. The Bertz CT molecular complexity index is 152. The summed E-state index contributed by atoms with van der Waals surface area (Å²) in [6.45, 7) is 8.62. The van der Waals surface area contributed by atoms with Gasteiger partial charge in [-0.3, -0.25) is 4.99 Å². The van der Waals surface area contributed by atoms with Crippen molar-refractivity contribution in [2.24, 2.45) is 10.7 Å². The molecule has 0 rings (SSSR count). The van der Waals surface area contributed by atoms with Crippen LogP contribution in [0.15, 0.2) is 17.6 Å². The second-order valence-electron chi connectivity index (χ2n) is 2.76. The molecule has 0 unspecified atom stereocenters. The highest BCUT2D eigenvalue weighted by atomic mass is 15.1. The Morgan fingerprint density at radius 2 is 2.33 bits per heavy atom. The van der Waals surface area contributed by atoms with Gasteiger partial charge in [-0.25, -0.2) is 0 Å². The molecule has 0 aromatic carbocycles. The molecule has 0 aromatic rings. The van der Waals surface area contributed by atoms with Crippen molar-refractivity contribution in [2.45, 2.75) is 13.3 Å². The molecular formula is C9H19N3. The Morgan fingerprint density at radius 3 is 2.83 bits per heavy atom. The quantitative estimate of drug-likeness (QED) is 0.364. The molecular weight excluding hydrogens is 150 g/mol. The van der Waals surface area contributed by atoms with Crippen LogP contribution in [0.3, 0.4) is 0 Å². The molecule has 0 aromatic heterocycles. The van der Waals surface area contributed by atoms with Crippen LogP contribution in [0.4, 0.5) is 0 Å². The Morgan fingerprint density at radius 1 is 1.67 bits per heavy atom. The molecule has 0 aliphatic rings. The van der Waals surface area contributed by atoms with Gasteiger partial charge in [-0.1, -0.05) is 13.5 Å². The number of rotatable bonds is 6. The van der Waals surface area contributed by atoms with Gasteiger partial charge in [0.25, 0.3) is 0 Å². The van der Waals surface area contributed by atoms with E-state index in [0.717, 1.165) is 26.1 Å². The first-order chi connectivity index (χ1) is 5.70. The van der Waals surface area contributed by atoms with Crippen molar-refractivity contribution in [3.05, 3.63) is 12.7 Å². The van der Waals surface area contributed by atoms with Crippen molar-refractivity contribution < 1.29 is 0 Å². The largest absolute Gasteiger partial charge is 0.384 e. The average molecular weight is 169 g/mol. The van der Waals surface area contributed by atoms with Crippen LogP contribution >= 0.6 is 0 Å². The first-order valence-electron chi connectivity index (χ1n) is 4.31. The summed E-state index contributed by atoms with van der Waals surface area (Å²) in [5, 5.41) is 0. The Kier molecular flexibility index (Phi) is 6.38. The third-order valence-corrected chi connectivity index (χ3v) is 1.74. The van der Waals surface area contributed by atoms with E-state index in [2.05, 4.69) is 30.4 Å². The number of hydrogen-bond acceptors (Lipinski definition) is 2. The summed E-state index contributed by atoms with van der Waals surface area (Å²) in [5.41, 5.74) is 5.44. The molecule has 70 valence electrons. The summed E-state index contributed by atoms with van der Waals surface area (Å²) in [4.78, 5) is 6.35. The van der Waals surface area contributed by atoms with Crippen LogP contribution in [0.5, 0.6) is 0 Å². The van der Waals surface area contributed by atoms with Gasteiger partial charge in [0.05, 0.1) is 0 Å². The molecule has 3 nitrogen and oxygen atoms in total. The highest BCUT2D eigenvalue weighted by Gasteiger charge is 1.92. The van der Waals surface area contributed by atoms with Gasteiger partial charge >= 0.3 is 0 Å². The molecule has 3 heteroatoms. The first kappa shape index (κ1) is 11.2. The minimum atomic E-state index is 0.536. The summed E-state index contributed by atoms with van der Waals surface area (Å²) >= 11 is 0. The van der Waals surface area contributed by atoms with Gasteiger partial charge in [-0.15, -0.1) is 0 Å². The predicted octanol–water partition coefficient (Wildman–Crippen LogP) is 0.871. The van der Waals surface area contributed by atoms with Gasteiger partial charge in [-0.2, -0.15) is 0 Å². The van der Waals surface area contributed by atoms with Crippen molar-refractivity contribution in [3.8, 4) is 0 Å². The summed E-state index contributed by atoms with van der Waals surface area (Å²) in [5.74, 6) is 0.536. The van der Waals surface area contributed by atoms with Gasteiger partial charge in [0, 0.05) is 6.54 Å². The fraction of sp³-hybridized carbons (Fsp3) is 0.667. The number of hydrogen-bond donors (Lipinski definition) is 1. The minimum Gasteiger partial charge on any atom is -0.384 e. The third-order valence-electron chi connectivity index (χ3n) is 1.74. The maximum atomic E-state index is 5.44. The summed E-state index contributed by atoms with van der Waals surface area (Å²) < 4.78 is 0. The molecule has 0 fully saturated rings. The van der Waals surface area contributed by atoms with E-state index in [9.17, 15) is 0 Å². The van der Waals surface area contributed by atoms with Crippen LogP contribution in [0.25, 0.3) is 0 Å². The van der Waals surface area contributed by atoms with E-state index >= 15 is 0 Å². The van der Waals surface area contributed by atoms with Crippen molar-refractivity contribution in [1.29, 1.82) is 0 Å². The molecule has 12 heavy (non-hydrogen) atoms. The highest BCUT2D eigenvalue weighted by Crippen LogP contribution is 1.87. The average Bonchev–Trinajstić information content (AvgIpc) is 2.11. The topological polar surface area (TPSA) is 41.6 Å². The highest BCUT2D eigenvalue weighted by molar-refractivity contribution is 5.90. The smallest absolute Gasteiger partial charge is 0.117 e. The van der Waals surface area contributed by atoms with Crippen molar-refractivity contribution in [2.75, 3.05) is 26.7 Å². The van der Waals surface area contributed by atoms with Crippen LogP contribution in [0.1, 0.15) is 13.3 Å². The van der Waals surface area contributed by atoms with E-state index in [4.69, 9.17) is 5.73 Å². The molecule has 0 radical (unpaired) electrons. The van der Waals surface area contributed by atoms with Gasteiger partial charge in [-0.05, 0) is 32.6 Å². The summed E-state index contributed by atoms with van der Waals surface area (Å²) in [6, 6.07) is 0. The van der Waals surface area contributed by atoms with Crippen molar-refractivity contribution in [1.82, 2.24) is 4.90 Å². The van der Waals surface area contributed by atoms with Gasteiger partial charge in [0.1, 0.15) is 5.84 Å². The van der Waals surface area contributed by atoms with Crippen molar-refractivity contribution >= 4 is 5.84 Å². The number of nitrogens with two attached hydrogens (primary N) is 1. The van der Waals surface area contributed by atoms with E-state index in [-0.39, 0.29) is 0 Å². The van der Waals surface area contributed by atoms with Crippen molar-refractivity contribution in [3.63, 3.8) is 0 Å². The van der Waals surface area contributed by atoms with E-state index in [0.29, 0.717) is 5.84 Å². The van der Waals surface area contributed by atoms with Crippen LogP contribution < -0.4 is 5.73 Å². The van der Waals surface area contributed by atoms with Crippen LogP contribution in [0, 0.1) is 0 Å². The second-order valence-corrected chi connectivity index (χ2v) is 2.76. The maximum Gasteiger partial charge on any atom is 0.117 e. The molecule has 0 amide bonds. The summed E-state index contributed by atoms with van der Waals surface area (Å²) in [6.07, 6.45) is 2.63. The normalized spacial score (nSPS) is 12.1. The van der Waals surface area contributed by atoms with E-state index in [1.165, 1.54) is 0 Å². The van der Waals surface area contributed by atoms with Crippen LogP contribution in [-0.4, -0.2) is 37.4 Å². The second kappa shape index (κ2) is 6.85. The van der Waals surface area contributed by atoms with E-state index < -0.39 is 0 Å². The van der Waals surface area contributed by atoms with Crippen LogP contribution in [-0.2, 0) is 0 Å². The fourth-order valence-electron chi connectivity index (χ4n) is 0.771. The third kappa shape index (κ3) is 5.92. The maximum absolute atomic E-state index is 5.44. The zero-order valence-corrected chi connectivity index (χ0v) is 8.08. The molecule has 0 saturated carbocycles. The lowest BCUT2D eigenvalue weighted by Gasteiger charge is -2.11. The number of aliphatic imine (C=N–C) groups is 1. The number of nitrogens with zero attached hydrogens (tertiary/aromatic N) is 2.